The summed E-state index contributed by atoms with van der Waals surface area (Å²) in [5.41, 5.74) is 1.52. The van der Waals surface area contributed by atoms with Gasteiger partial charge in [0.15, 0.2) is 12.4 Å². The van der Waals surface area contributed by atoms with Crippen LogP contribution in [0, 0.1) is 0 Å². The molecule has 1 nitrogen and oxygen atoms in total. The van der Waals surface area contributed by atoms with Gasteiger partial charge in [-0.25, -0.2) is 4.57 Å². The molecule has 0 aliphatic carbocycles. The lowest BCUT2D eigenvalue weighted by Gasteiger charge is -2.04. The predicted octanol–water partition coefficient (Wildman–Crippen LogP) is 8.97. The molecule has 0 spiro atoms. The van der Waals surface area contributed by atoms with Crippen LogP contribution in [0.25, 0.3) is 0 Å². The molecule has 0 saturated carbocycles. The van der Waals surface area contributed by atoms with Gasteiger partial charge in [0.25, 0.3) is 0 Å². The molecular formula is C28H52N+. The summed E-state index contributed by atoms with van der Waals surface area (Å²) in [6.07, 6.45) is 32.9. The van der Waals surface area contributed by atoms with Gasteiger partial charge in [0, 0.05) is 18.6 Å². The maximum atomic E-state index is 2.34. The van der Waals surface area contributed by atoms with Crippen LogP contribution in [0.3, 0.4) is 0 Å². The van der Waals surface area contributed by atoms with E-state index in [1.165, 1.54) is 141 Å². The van der Waals surface area contributed by atoms with Crippen LogP contribution in [0.4, 0.5) is 0 Å². The van der Waals surface area contributed by atoms with E-state index >= 15 is 0 Å². The summed E-state index contributed by atoms with van der Waals surface area (Å²) in [5, 5.41) is 0. The molecule has 0 N–H and O–H groups in total. The summed E-state index contributed by atoms with van der Waals surface area (Å²) in [4.78, 5) is 0. The highest BCUT2D eigenvalue weighted by Crippen LogP contribution is 2.14. The van der Waals surface area contributed by atoms with Crippen LogP contribution in [-0.2, 0) is 13.0 Å². The number of hydrogen-bond donors (Lipinski definition) is 0. The Hall–Kier alpha value is -0.850. The van der Waals surface area contributed by atoms with E-state index in [2.05, 4.69) is 42.9 Å². The Bertz CT molecular complexity index is 436. The monoisotopic (exact) mass is 402 g/mol. The van der Waals surface area contributed by atoms with Gasteiger partial charge in [-0.3, -0.25) is 0 Å². The van der Waals surface area contributed by atoms with Crippen molar-refractivity contribution in [1.82, 2.24) is 0 Å². The number of hydrogen-bond acceptors (Lipinski definition) is 0. The van der Waals surface area contributed by atoms with Gasteiger partial charge in [0.05, 0.1) is 0 Å². The maximum Gasteiger partial charge on any atom is 0.169 e. The largest absolute Gasteiger partial charge is 0.205 e. The maximum absolute atomic E-state index is 2.34. The molecule has 1 heteroatoms. The third-order valence-corrected chi connectivity index (χ3v) is 6.30. The van der Waals surface area contributed by atoms with Gasteiger partial charge in [-0.05, 0) is 24.8 Å². The lowest BCUT2D eigenvalue weighted by Crippen LogP contribution is -2.32. The molecule has 1 aromatic rings. The number of unbranched alkanes of at least 4 members (excludes halogenated alkanes) is 17. The number of rotatable bonds is 21. The minimum Gasteiger partial charge on any atom is -0.205 e. The van der Waals surface area contributed by atoms with Gasteiger partial charge in [-0.2, -0.15) is 0 Å². The van der Waals surface area contributed by atoms with Gasteiger partial charge >= 0.3 is 0 Å². The zero-order valence-corrected chi connectivity index (χ0v) is 20.1. The van der Waals surface area contributed by atoms with Crippen LogP contribution in [0.15, 0.2) is 24.5 Å². The lowest BCUT2D eigenvalue weighted by atomic mass is 10.0. The number of pyridine rings is 1. The molecule has 0 saturated heterocycles. The van der Waals surface area contributed by atoms with Crippen LogP contribution in [-0.4, -0.2) is 0 Å². The van der Waals surface area contributed by atoms with Crippen LogP contribution in [0.2, 0.25) is 0 Å². The average molecular weight is 403 g/mol. The van der Waals surface area contributed by atoms with Crippen LogP contribution < -0.4 is 4.57 Å². The molecule has 0 aromatic carbocycles. The SMILES string of the molecule is CCCCCCCCCCCCCCCCCCc1cc[n+](CCCCC)cc1. The first-order valence-corrected chi connectivity index (χ1v) is 13.3. The molecule has 0 atom stereocenters. The number of nitrogens with zero attached hydrogens (tertiary/aromatic N) is 1. The Morgan fingerprint density at radius 1 is 0.483 bits per heavy atom. The van der Waals surface area contributed by atoms with Crippen LogP contribution in [0.1, 0.15) is 141 Å². The second kappa shape index (κ2) is 20.4. The van der Waals surface area contributed by atoms with Crippen molar-refractivity contribution in [2.75, 3.05) is 0 Å². The zero-order valence-electron chi connectivity index (χ0n) is 20.1. The molecule has 0 fully saturated rings. The van der Waals surface area contributed by atoms with E-state index in [0.29, 0.717) is 0 Å². The zero-order chi connectivity index (χ0) is 20.8. The molecule has 1 heterocycles. The minimum absolute atomic E-state index is 1.17. The summed E-state index contributed by atoms with van der Waals surface area (Å²) < 4.78 is 2.34. The fourth-order valence-corrected chi connectivity index (χ4v) is 4.23. The molecule has 0 unspecified atom stereocenters. The molecule has 0 radical (unpaired) electrons. The van der Waals surface area contributed by atoms with E-state index in [0.717, 1.165) is 0 Å². The molecule has 168 valence electrons. The fraction of sp³-hybridized carbons (Fsp3) is 0.821. The highest BCUT2D eigenvalue weighted by Gasteiger charge is 2.01. The quantitative estimate of drug-likeness (QED) is 0.143. The Balaban J connectivity index is 1.82. The van der Waals surface area contributed by atoms with E-state index < -0.39 is 0 Å². The summed E-state index contributed by atoms with van der Waals surface area (Å²) in [6, 6.07) is 4.66. The standard InChI is InChI=1S/C28H52N/c1-3-5-7-8-9-10-11-12-13-14-15-16-17-18-19-20-22-28-23-26-29(27-24-28)25-21-6-4-2/h23-24,26-27H,3-22,25H2,1-2H3/q+1. The lowest BCUT2D eigenvalue weighted by molar-refractivity contribution is -0.697. The van der Waals surface area contributed by atoms with E-state index in [-0.39, 0.29) is 0 Å². The molecular weight excluding hydrogens is 350 g/mol. The highest BCUT2D eigenvalue weighted by molar-refractivity contribution is 5.07. The Kier molecular flexibility index (Phi) is 18.4. The van der Waals surface area contributed by atoms with Gasteiger partial charge in [-0.15, -0.1) is 0 Å². The van der Waals surface area contributed by atoms with Crippen molar-refractivity contribution in [2.45, 2.75) is 149 Å². The second-order valence-corrected chi connectivity index (χ2v) is 9.20. The summed E-state index contributed by atoms with van der Waals surface area (Å²) in [5.74, 6) is 0. The van der Waals surface area contributed by atoms with Gasteiger partial charge in [-0.1, -0.05) is 117 Å². The van der Waals surface area contributed by atoms with Crippen molar-refractivity contribution in [2.24, 2.45) is 0 Å². The van der Waals surface area contributed by atoms with Crippen LogP contribution in [0.5, 0.6) is 0 Å². The Morgan fingerprint density at radius 3 is 1.31 bits per heavy atom. The van der Waals surface area contributed by atoms with Crippen molar-refractivity contribution in [3.8, 4) is 0 Å². The summed E-state index contributed by atoms with van der Waals surface area (Å²) >= 11 is 0. The van der Waals surface area contributed by atoms with Crippen molar-refractivity contribution >= 4 is 0 Å². The smallest absolute Gasteiger partial charge is 0.169 e. The van der Waals surface area contributed by atoms with Crippen molar-refractivity contribution in [3.05, 3.63) is 30.1 Å². The van der Waals surface area contributed by atoms with Crippen molar-refractivity contribution in [1.29, 1.82) is 0 Å². The molecule has 1 aromatic heterocycles. The van der Waals surface area contributed by atoms with E-state index in [9.17, 15) is 0 Å². The summed E-state index contributed by atoms with van der Waals surface area (Å²) in [7, 11) is 0. The molecule has 29 heavy (non-hydrogen) atoms. The first kappa shape index (κ1) is 26.2. The fourth-order valence-electron chi connectivity index (χ4n) is 4.23. The van der Waals surface area contributed by atoms with Crippen LogP contribution >= 0.6 is 0 Å². The van der Waals surface area contributed by atoms with E-state index in [4.69, 9.17) is 0 Å². The first-order valence-electron chi connectivity index (χ1n) is 13.3. The molecule has 0 bridgehead atoms. The Labute approximate surface area is 183 Å². The van der Waals surface area contributed by atoms with Gasteiger partial charge in [0.1, 0.15) is 6.54 Å². The van der Waals surface area contributed by atoms with Crippen molar-refractivity contribution in [3.63, 3.8) is 0 Å². The summed E-state index contributed by atoms with van der Waals surface area (Å²) in [6.45, 7) is 5.74. The first-order chi connectivity index (χ1) is 14.4. The predicted molar refractivity (Wildman–Crippen MR) is 129 cm³/mol. The molecule has 0 aliphatic rings. The van der Waals surface area contributed by atoms with Gasteiger partial charge < -0.3 is 0 Å². The van der Waals surface area contributed by atoms with E-state index in [1.54, 1.807) is 0 Å². The normalized spacial score (nSPS) is 11.2. The van der Waals surface area contributed by atoms with E-state index in [1.807, 2.05) is 0 Å². The molecule has 0 amide bonds. The third kappa shape index (κ3) is 16.6. The minimum atomic E-state index is 1.17. The number of aryl methyl sites for hydroxylation is 2. The van der Waals surface area contributed by atoms with Crippen molar-refractivity contribution < 1.29 is 4.57 Å². The molecule has 0 aliphatic heterocycles. The Morgan fingerprint density at radius 2 is 0.862 bits per heavy atom. The molecule has 1 rings (SSSR count). The third-order valence-electron chi connectivity index (χ3n) is 6.30. The number of aromatic nitrogens is 1. The second-order valence-electron chi connectivity index (χ2n) is 9.20. The highest BCUT2D eigenvalue weighted by atomic mass is 14.9. The topological polar surface area (TPSA) is 3.88 Å². The van der Waals surface area contributed by atoms with Gasteiger partial charge in [0.2, 0.25) is 0 Å². The average Bonchev–Trinajstić information content (AvgIpc) is 2.74.